The first-order chi connectivity index (χ1) is 14.4. The fraction of sp³-hybridized carbons (Fsp3) is 0.300. The van der Waals surface area contributed by atoms with Crippen molar-refractivity contribution in [1.82, 2.24) is 14.9 Å². The van der Waals surface area contributed by atoms with Gasteiger partial charge in [-0.1, -0.05) is 24.3 Å². The molecule has 0 unspecified atom stereocenters. The number of aromatic nitrogens is 2. The van der Waals surface area contributed by atoms with Gasteiger partial charge in [-0.3, -0.25) is 4.90 Å². The Morgan fingerprint density at radius 2 is 1.63 bits per heavy atom. The van der Waals surface area contributed by atoms with Gasteiger partial charge in [0.2, 0.25) is 9.84 Å². The van der Waals surface area contributed by atoms with E-state index < -0.39 is 15.6 Å². The summed E-state index contributed by atoms with van der Waals surface area (Å²) in [6.07, 6.45) is 0. The number of hydrogen-bond donors (Lipinski definition) is 1. The molecule has 1 fully saturated rings. The topological polar surface area (TPSA) is 92.4 Å². The Morgan fingerprint density at radius 3 is 2.37 bits per heavy atom. The summed E-state index contributed by atoms with van der Waals surface area (Å²) in [4.78, 5) is 12.6. The Labute approximate surface area is 173 Å². The van der Waals surface area contributed by atoms with Gasteiger partial charge in [0.05, 0.1) is 22.6 Å². The van der Waals surface area contributed by atoms with Crippen LogP contribution >= 0.6 is 0 Å². The summed E-state index contributed by atoms with van der Waals surface area (Å²) in [5.74, 6) is -2.41. The molecule has 1 aromatic heterocycles. The van der Waals surface area contributed by atoms with Crippen molar-refractivity contribution in [1.29, 1.82) is 0 Å². The Balaban J connectivity index is 1.48. The third-order valence-corrected chi connectivity index (χ3v) is 6.59. The molecule has 0 radical (unpaired) electrons. The molecule has 0 atom stereocenters. The minimum Gasteiger partial charge on any atom is -0.383 e. The van der Waals surface area contributed by atoms with Crippen molar-refractivity contribution in [3.63, 3.8) is 0 Å². The van der Waals surface area contributed by atoms with Crippen LogP contribution in [0, 0.1) is 0 Å². The lowest BCUT2D eigenvalue weighted by Crippen LogP contribution is -2.46. The third kappa shape index (κ3) is 3.92. The van der Waals surface area contributed by atoms with E-state index in [1.165, 1.54) is 12.1 Å². The highest BCUT2D eigenvalue weighted by molar-refractivity contribution is 7.91. The minimum absolute atomic E-state index is 0.309. The molecule has 1 aliphatic rings. The molecule has 0 saturated carbocycles. The van der Waals surface area contributed by atoms with Crippen molar-refractivity contribution < 1.29 is 17.2 Å². The predicted molar refractivity (Wildman–Crippen MR) is 111 cm³/mol. The van der Waals surface area contributed by atoms with Crippen molar-refractivity contribution in [2.75, 3.05) is 36.8 Å². The molecule has 0 spiro atoms. The second-order valence-electron chi connectivity index (χ2n) is 7.08. The molecule has 7 nitrogen and oxygen atoms in total. The number of rotatable bonds is 5. The number of fused-ring (bicyclic) bond motifs is 1. The molecule has 0 amide bonds. The summed E-state index contributed by atoms with van der Waals surface area (Å²) in [6, 6.07) is 13.4. The van der Waals surface area contributed by atoms with Crippen molar-refractivity contribution in [3.8, 4) is 0 Å². The van der Waals surface area contributed by atoms with Crippen LogP contribution in [0.3, 0.4) is 0 Å². The molecule has 158 valence electrons. The molecule has 3 aromatic rings. The van der Waals surface area contributed by atoms with E-state index in [9.17, 15) is 17.2 Å². The van der Waals surface area contributed by atoms with Gasteiger partial charge in [-0.15, -0.1) is 0 Å². The fourth-order valence-electron chi connectivity index (χ4n) is 3.62. The van der Waals surface area contributed by atoms with E-state index in [0.717, 1.165) is 10.9 Å². The van der Waals surface area contributed by atoms with E-state index in [0.29, 0.717) is 50.1 Å². The fourth-order valence-corrected chi connectivity index (χ4v) is 4.57. The lowest BCUT2D eigenvalue weighted by Gasteiger charge is -2.36. The van der Waals surface area contributed by atoms with E-state index in [1.807, 2.05) is 29.2 Å². The number of benzene rings is 2. The normalized spacial score (nSPS) is 15.8. The number of anilines is 2. The summed E-state index contributed by atoms with van der Waals surface area (Å²) in [5.41, 5.74) is 7.14. The van der Waals surface area contributed by atoms with Crippen LogP contribution in [0.2, 0.25) is 0 Å². The minimum atomic E-state index is -4.67. The molecule has 2 aromatic carbocycles. The summed E-state index contributed by atoms with van der Waals surface area (Å²) < 4.78 is 50.2. The predicted octanol–water partition coefficient (Wildman–Crippen LogP) is 2.53. The summed E-state index contributed by atoms with van der Waals surface area (Å²) >= 11 is 0. The lowest BCUT2D eigenvalue weighted by molar-refractivity contribution is 0.234. The van der Waals surface area contributed by atoms with Crippen LogP contribution in [0.1, 0.15) is 5.82 Å². The number of nitrogen functional groups attached to an aromatic ring is 1. The monoisotopic (exact) mass is 433 g/mol. The van der Waals surface area contributed by atoms with Gasteiger partial charge in [0.25, 0.3) is 0 Å². The van der Waals surface area contributed by atoms with Gasteiger partial charge < -0.3 is 10.6 Å². The highest BCUT2D eigenvalue weighted by Crippen LogP contribution is 2.30. The number of piperazine rings is 1. The van der Waals surface area contributed by atoms with E-state index in [2.05, 4.69) is 14.9 Å². The second kappa shape index (κ2) is 8.11. The van der Waals surface area contributed by atoms with Crippen LogP contribution in [0.5, 0.6) is 0 Å². The van der Waals surface area contributed by atoms with Gasteiger partial charge >= 0.3 is 5.76 Å². The molecule has 10 heteroatoms. The smallest absolute Gasteiger partial charge is 0.341 e. The number of halogens is 2. The quantitative estimate of drug-likeness (QED) is 0.661. The van der Waals surface area contributed by atoms with Crippen LogP contribution in [0.15, 0.2) is 53.4 Å². The van der Waals surface area contributed by atoms with Gasteiger partial charge in [0, 0.05) is 31.6 Å². The zero-order valence-corrected chi connectivity index (χ0v) is 16.9. The van der Waals surface area contributed by atoms with Crippen LogP contribution in [0.4, 0.5) is 20.3 Å². The molecule has 2 heterocycles. The maximum atomic E-state index is 13.1. The van der Waals surface area contributed by atoms with E-state index in [1.54, 1.807) is 12.1 Å². The molecule has 1 saturated heterocycles. The standard InChI is InChI=1S/C20H21F2N5O2S/c21-20(22)30(28,29)17-8-4-3-7-16(17)27-11-9-26(10-12-27)13-18-24-15-6-2-1-5-14(15)19(23)25-18/h1-8,20H,9-13H2,(H2,23,24,25). The number of nitrogens with zero attached hydrogens (tertiary/aromatic N) is 4. The first-order valence-electron chi connectivity index (χ1n) is 9.46. The number of para-hydroxylation sites is 2. The van der Waals surface area contributed by atoms with E-state index in [4.69, 9.17) is 5.73 Å². The van der Waals surface area contributed by atoms with Crippen molar-refractivity contribution >= 4 is 32.2 Å². The SMILES string of the molecule is Nc1nc(CN2CCN(c3ccccc3S(=O)(=O)C(F)F)CC2)nc2ccccc12. The summed E-state index contributed by atoms with van der Waals surface area (Å²) in [5, 5.41) is 0.808. The Morgan fingerprint density at radius 1 is 0.967 bits per heavy atom. The molecule has 4 rings (SSSR count). The average Bonchev–Trinajstić information content (AvgIpc) is 2.74. The van der Waals surface area contributed by atoms with Gasteiger partial charge in [0.1, 0.15) is 11.6 Å². The summed E-state index contributed by atoms with van der Waals surface area (Å²) in [6.45, 7) is 2.72. The zero-order valence-electron chi connectivity index (χ0n) is 16.1. The molecule has 30 heavy (non-hydrogen) atoms. The van der Waals surface area contributed by atoms with Crippen LogP contribution in [-0.4, -0.2) is 55.2 Å². The van der Waals surface area contributed by atoms with Crippen molar-refractivity contribution in [2.24, 2.45) is 0 Å². The zero-order chi connectivity index (χ0) is 21.3. The van der Waals surface area contributed by atoms with Gasteiger partial charge in [-0.05, 0) is 24.3 Å². The maximum absolute atomic E-state index is 13.1. The molecule has 2 N–H and O–H groups in total. The first-order valence-corrected chi connectivity index (χ1v) is 11.0. The number of nitrogens with two attached hydrogens (primary N) is 1. The Bertz CT molecular complexity index is 1160. The van der Waals surface area contributed by atoms with Crippen LogP contribution < -0.4 is 10.6 Å². The highest BCUT2D eigenvalue weighted by Gasteiger charge is 2.31. The number of hydrogen-bond acceptors (Lipinski definition) is 7. The van der Waals surface area contributed by atoms with Crippen LogP contribution in [0.25, 0.3) is 10.9 Å². The number of sulfone groups is 1. The molecule has 1 aliphatic heterocycles. The summed E-state index contributed by atoms with van der Waals surface area (Å²) in [7, 11) is -4.67. The van der Waals surface area contributed by atoms with E-state index in [-0.39, 0.29) is 4.90 Å². The highest BCUT2D eigenvalue weighted by atomic mass is 32.2. The molecule has 0 aliphatic carbocycles. The second-order valence-corrected chi connectivity index (χ2v) is 8.97. The molecular weight excluding hydrogens is 412 g/mol. The van der Waals surface area contributed by atoms with Crippen molar-refractivity contribution in [3.05, 3.63) is 54.4 Å². The molecular formula is C20H21F2N5O2S. The first kappa shape index (κ1) is 20.4. The Kier molecular flexibility index (Phi) is 5.52. The Hall–Kier alpha value is -2.85. The number of alkyl halides is 2. The van der Waals surface area contributed by atoms with E-state index >= 15 is 0 Å². The largest absolute Gasteiger partial charge is 0.383 e. The van der Waals surface area contributed by atoms with Gasteiger partial charge in [-0.25, -0.2) is 18.4 Å². The lowest BCUT2D eigenvalue weighted by atomic mass is 10.2. The third-order valence-electron chi connectivity index (χ3n) is 5.16. The maximum Gasteiger partial charge on any atom is 0.341 e. The van der Waals surface area contributed by atoms with Gasteiger partial charge in [-0.2, -0.15) is 8.78 Å². The van der Waals surface area contributed by atoms with Crippen molar-refractivity contribution in [2.45, 2.75) is 17.2 Å². The molecule has 0 bridgehead atoms. The van der Waals surface area contributed by atoms with Crippen LogP contribution in [-0.2, 0) is 16.4 Å². The average molecular weight is 433 g/mol. The van der Waals surface area contributed by atoms with Gasteiger partial charge in [0.15, 0.2) is 0 Å².